The van der Waals surface area contributed by atoms with E-state index in [4.69, 9.17) is 4.74 Å². The lowest BCUT2D eigenvalue weighted by molar-refractivity contribution is -0.145. The normalized spacial score (nSPS) is 12.0. The van der Waals surface area contributed by atoms with E-state index in [9.17, 15) is 9.18 Å². The van der Waals surface area contributed by atoms with Crippen LogP contribution in [0.25, 0.3) is 11.1 Å². The fourth-order valence-corrected chi connectivity index (χ4v) is 2.12. The van der Waals surface area contributed by atoms with Crippen molar-refractivity contribution in [1.29, 1.82) is 0 Å². The summed E-state index contributed by atoms with van der Waals surface area (Å²) < 4.78 is 19.4. The third kappa shape index (κ3) is 3.69. The van der Waals surface area contributed by atoms with Crippen molar-refractivity contribution >= 4 is 5.97 Å². The molecule has 0 saturated heterocycles. The van der Waals surface area contributed by atoms with Crippen LogP contribution in [0.2, 0.25) is 0 Å². The molecule has 2 aromatic carbocycles. The Hall–Kier alpha value is -2.16. The predicted octanol–water partition coefficient (Wildman–Crippen LogP) is 4.55. The standard InChI is InChI=1S/C18H19FO2/c1-3-11-21-18(20)13(2)15-9-10-16(17(19)12-15)14-7-5-4-6-8-14/h4-10,12-13H,3,11H2,1-2H3. The predicted molar refractivity (Wildman–Crippen MR) is 81.5 cm³/mol. The molecule has 0 aliphatic heterocycles. The van der Waals surface area contributed by atoms with Crippen LogP contribution in [-0.2, 0) is 9.53 Å². The Morgan fingerprint density at radius 2 is 1.90 bits per heavy atom. The van der Waals surface area contributed by atoms with Gasteiger partial charge in [-0.2, -0.15) is 0 Å². The van der Waals surface area contributed by atoms with Crippen LogP contribution in [0.1, 0.15) is 31.7 Å². The van der Waals surface area contributed by atoms with E-state index < -0.39 is 5.92 Å². The van der Waals surface area contributed by atoms with Crippen LogP contribution >= 0.6 is 0 Å². The lowest BCUT2D eigenvalue weighted by Crippen LogP contribution is -2.14. The van der Waals surface area contributed by atoms with E-state index >= 15 is 0 Å². The third-order valence-corrected chi connectivity index (χ3v) is 3.38. The first-order chi connectivity index (χ1) is 10.1. The number of halogens is 1. The Bertz CT molecular complexity index is 608. The number of hydrogen-bond acceptors (Lipinski definition) is 2. The monoisotopic (exact) mass is 286 g/mol. The highest BCUT2D eigenvalue weighted by Gasteiger charge is 2.18. The zero-order valence-corrected chi connectivity index (χ0v) is 12.3. The first kappa shape index (κ1) is 15.2. The second kappa shape index (κ2) is 7.02. The van der Waals surface area contributed by atoms with Gasteiger partial charge in [0.15, 0.2) is 0 Å². The van der Waals surface area contributed by atoms with Crippen molar-refractivity contribution in [3.63, 3.8) is 0 Å². The minimum Gasteiger partial charge on any atom is -0.465 e. The van der Waals surface area contributed by atoms with E-state index in [1.165, 1.54) is 6.07 Å². The summed E-state index contributed by atoms with van der Waals surface area (Å²) in [5, 5.41) is 0. The number of ether oxygens (including phenoxy) is 1. The van der Waals surface area contributed by atoms with Gasteiger partial charge in [-0.1, -0.05) is 49.4 Å². The maximum Gasteiger partial charge on any atom is 0.313 e. The van der Waals surface area contributed by atoms with Crippen molar-refractivity contribution < 1.29 is 13.9 Å². The van der Waals surface area contributed by atoms with Crippen molar-refractivity contribution in [2.45, 2.75) is 26.2 Å². The molecule has 1 atom stereocenters. The molecule has 0 N–H and O–H groups in total. The first-order valence-corrected chi connectivity index (χ1v) is 7.15. The first-order valence-electron chi connectivity index (χ1n) is 7.15. The van der Waals surface area contributed by atoms with Crippen LogP contribution in [0.5, 0.6) is 0 Å². The highest BCUT2D eigenvalue weighted by molar-refractivity contribution is 5.78. The summed E-state index contributed by atoms with van der Waals surface area (Å²) in [6.45, 7) is 4.06. The zero-order chi connectivity index (χ0) is 15.2. The molecule has 0 spiro atoms. The van der Waals surface area contributed by atoms with E-state index in [1.54, 1.807) is 19.1 Å². The van der Waals surface area contributed by atoms with Gasteiger partial charge in [-0.3, -0.25) is 4.79 Å². The second-order valence-corrected chi connectivity index (χ2v) is 4.99. The van der Waals surface area contributed by atoms with Crippen LogP contribution < -0.4 is 0 Å². The number of hydrogen-bond donors (Lipinski definition) is 0. The van der Waals surface area contributed by atoms with E-state index in [1.807, 2.05) is 37.3 Å². The molecular weight excluding hydrogens is 267 g/mol. The Balaban J connectivity index is 2.21. The number of rotatable bonds is 5. The number of carbonyl (C=O) groups excluding carboxylic acids is 1. The molecule has 21 heavy (non-hydrogen) atoms. The Morgan fingerprint density at radius 3 is 2.52 bits per heavy atom. The SMILES string of the molecule is CCCOC(=O)C(C)c1ccc(-c2ccccc2)c(F)c1. The smallest absolute Gasteiger partial charge is 0.313 e. The Labute approximate surface area is 124 Å². The van der Waals surface area contributed by atoms with Crippen molar-refractivity contribution in [3.05, 3.63) is 59.9 Å². The molecule has 0 heterocycles. The molecule has 0 bridgehead atoms. The second-order valence-electron chi connectivity index (χ2n) is 4.99. The summed E-state index contributed by atoms with van der Waals surface area (Å²) in [5.41, 5.74) is 1.99. The Morgan fingerprint density at radius 1 is 1.19 bits per heavy atom. The van der Waals surface area contributed by atoms with Gasteiger partial charge in [0.25, 0.3) is 0 Å². The summed E-state index contributed by atoms with van der Waals surface area (Å²) in [5.74, 6) is -1.10. The molecule has 0 saturated carbocycles. The van der Waals surface area contributed by atoms with Crippen molar-refractivity contribution in [1.82, 2.24) is 0 Å². The summed E-state index contributed by atoms with van der Waals surface area (Å²) >= 11 is 0. The summed E-state index contributed by atoms with van der Waals surface area (Å²) in [4.78, 5) is 11.8. The van der Waals surface area contributed by atoms with E-state index in [0.29, 0.717) is 17.7 Å². The fraction of sp³-hybridized carbons (Fsp3) is 0.278. The molecule has 0 amide bonds. The molecule has 2 aromatic rings. The number of benzene rings is 2. The molecular formula is C18H19FO2. The molecule has 3 heteroatoms. The average molecular weight is 286 g/mol. The van der Waals surface area contributed by atoms with Crippen molar-refractivity contribution in [2.24, 2.45) is 0 Å². The molecule has 1 unspecified atom stereocenters. The number of carbonyl (C=O) groups is 1. The van der Waals surface area contributed by atoms with Crippen LogP contribution in [0.15, 0.2) is 48.5 Å². The molecule has 0 aliphatic carbocycles. The quantitative estimate of drug-likeness (QED) is 0.754. The lowest BCUT2D eigenvalue weighted by Gasteiger charge is -2.13. The minimum atomic E-state index is -0.462. The molecule has 0 radical (unpaired) electrons. The van der Waals surface area contributed by atoms with Crippen LogP contribution in [-0.4, -0.2) is 12.6 Å². The average Bonchev–Trinajstić information content (AvgIpc) is 2.52. The van der Waals surface area contributed by atoms with Gasteiger partial charge in [-0.15, -0.1) is 0 Å². The van der Waals surface area contributed by atoms with Gasteiger partial charge in [-0.05, 0) is 30.5 Å². The minimum absolute atomic E-state index is 0.316. The van der Waals surface area contributed by atoms with Gasteiger partial charge in [0, 0.05) is 5.56 Å². The van der Waals surface area contributed by atoms with Crippen molar-refractivity contribution in [2.75, 3.05) is 6.61 Å². The largest absolute Gasteiger partial charge is 0.465 e. The van der Waals surface area contributed by atoms with Gasteiger partial charge < -0.3 is 4.74 Å². The molecule has 0 aromatic heterocycles. The summed E-state index contributed by atoms with van der Waals surface area (Å²) in [6.07, 6.45) is 0.778. The highest BCUT2D eigenvalue weighted by atomic mass is 19.1. The van der Waals surface area contributed by atoms with E-state index in [-0.39, 0.29) is 11.8 Å². The number of esters is 1. The van der Waals surface area contributed by atoms with Gasteiger partial charge in [0.1, 0.15) is 5.82 Å². The molecule has 2 nitrogen and oxygen atoms in total. The lowest BCUT2D eigenvalue weighted by atomic mass is 9.97. The van der Waals surface area contributed by atoms with Gasteiger partial charge >= 0.3 is 5.97 Å². The maximum absolute atomic E-state index is 14.3. The van der Waals surface area contributed by atoms with Crippen LogP contribution in [0.4, 0.5) is 4.39 Å². The molecule has 110 valence electrons. The zero-order valence-electron chi connectivity index (χ0n) is 12.3. The van der Waals surface area contributed by atoms with Crippen molar-refractivity contribution in [3.8, 4) is 11.1 Å². The molecule has 2 rings (SSSR count). The Kier molecular flexibility index (Phi) is 5.09. The molecule has 0 fully saturated rings. The highest BCUT2D eigenvalue weighted by Crippen LogP contribution is 2.26. The van der Waals surface area contributed by atoms with Crippen LogP contribution in [0, 0.1) is 5.82 Å². The maximum atomic E-state index is 14.3. The fourth-order valence-electron chi connectivity index (χ4n) is 2.12. The van der Waals surface area contributed by atoms with Gasteiger partial charge in [-0.25, -0.2) is 4.39 Å². The molecule has 0 aliphatic rings. The van der Waals surface area contributed by atoms with E-state index in [0.717, 1.165) is 12.0 Å². The van der Waals surface area contributed by atoms with E-state index in [2.05, 4.69) is 0 Å². The van der Waals surface area contributed by atoms with Gasteiger partial charge in [0.05, 0.1) is 12.5 Å². The summed E-state index contributed by atoms with van der Waals surface area (Å²) in [7, 11) is 0. The van der Waals surface area contributed by atoms with Crippen LogP contribution in [0.3, 0.4) is 0 Å². The summed E-state index contributed by atoms with van der Waals surface area (Å²) in [6, 6.07) is 14.3. The van der Waals surface area contributed by atoms with Gasteiger partial charge in [0.2, 0.25) is 0 Å². The third-order valence-electron chi connectivity index (χ3n) is 3.38. The topological polar surface area (TPSA) is 26.3 Å².